The Labute approximate surface area is 294 Å². The molecule has 6 atom stereocenters. The van der Waals surface area contributed by atoms with E-state index in [1.807, 2.05) is 36.4 Å². The Morgan fingerprint density at radius 1 is 0.920 bits per heavy atom. The number of benzene rings is 3. The van der Waals surface area contributed by atoms with Crippen LogP contribution in [-0.4, -0.2) is 58.4 Å². The van der Waals surface area contributed by atoms with Gasteiger partial charge in [-0.1, -0.05) is 72.1 Å². The number of carboxylic acids is 1. The summed E-state index contributed by atoms with van der Waals surface area (Å²) in [7, 11) is 1.48. The van der Waals surface area contributed by atoms with Gasteiger partial charge in [0.05, 0.1) is 36.0 Å². The molecular formula is C39H37ClN2O8. The number of anilines is 1. The molecule has 50 heavy (non-hydrogen) atoms. The van der Waals surface area contributed by atoms with Crippen LogP contribution in [0.4, 0.5) is 5.69 Å². The van der Waals surface area contributed by atoms with Crippen LogP contribution in [-0.2, 0) is 29.4 Å². The van der Waals surface area contributed by atoms with Gasteiger partial charge in [-0.05, 0) is 67.5 Å². The average molecular weight is 697 g/mol. The molecule has 11 heteroatoms. The van der Waals surface area contributed by atoms with E-state index < -0.39 is 52.8 Å². The van der Waals surface area contributed by atoms with E-state index in [4.69, 9.17) is 21.4 Å². The molecule has 10 nitrogen and oxygen atoms in total. The molecule has 0 radical (unpaired) electrons. The average Bonchev–Trinajstić information content (AvgIpc) is 3.49. The predicted octanol–water partition coefficient (Wildman–Crippen LogP) is 5.86. The standard InChI is InChI=1S/C39H37ClN2O8/c1-50-30-15-9-14-29(43)33(30)34-25-17-18-26-32(37(48)41(35(26)46)19-7-3-6-16-31(44)45)27(25)21-28-36(47)42(24-13-8-12-23(40)20-24)38(49)39(28,34)22-10-4-2-5-11-22/h2,4-5,8-15,17,20,26-28,32,34,43H,3,6-7,16,18-19,21H2,1H3,(H,44,45). The zero-order valence-electron chi connectivity index (χ0n) is 27.5. The fourth-order valence-corrected chi connectivity index (χ4v) is 9.25. The van der Waals surface area contributed by atoms with Crippen molar-refractivity contribution in [3.63, 3.8) is 0 Å². The SMILES string of the molecule is COc1cccc(O)c1C1C2=CCC3C(=O)N(CCCCCC(=O)O)C(=O)C3C2CC2C(=O)N(c3cccc(Cl)c3)C(=O)C21c1ccccc1. The second-order valence-electron chi connectivity index (χ2n) is 13.5. The summed E-state index contributed by atoms with van der Waals surface area (Å²) in [5.41, 5.74) is 0.402. The summed E-state index contributed by atoms with van der Waals surface area (Å²) in [6.07, 6.45) is 3.81. The quantitative estimate of drug-likeness (QED) is 0.153. The normalized spacial score (nSPS) is 27.2. The van der Waals surface area contributed by atoms with Crippen molar-refractivity contribution < 1.29 is 38.9 Å². The molecule has 3 fully saturated rings. The van der Waals surface area contributed by atoms with Gasteiger partial charge in [0.15, 0.2) is 0 Å². The minimum Gasteiger partial charge on any atom is -0.508 e. The number of likely N-dealkylation sites (tertiary alicyclic amines) is 1. The van der Waals surface area contributed by atoms with Crippen LogP contribution in [0.3, 0.4) is 0 Å². The molecule has 0 bridgehead atoms. The summed E-state index contributed by atoms with van der Waals surface area (Å²) in [6.45, 7) is 0.181. The number of ether oxygens (including phenoxy) is 1. The molecule has 0 aromatic heterocycles. The zero-order chi connectivity index (χ0) is 35.3. The number of nitrogens with zero attached hydrogens (tertiary/aromatic N) is 2. The highest BCUT2D eigenvalue weighted by molar-refractivity contribution is 6.32. The summed E-state index contributed by atoms with van der Waals surface area (Å²) in [6, 6.07) is 20.5. The maximum absolute atomic E-state index is 15.3. The zero-order valence-corrected chi connectivity index (χ0v) is 28.2. The number of carboxylic acid groups (broad SMARTS) is 1. The highest BCUT2D eigenvalue weighted by Crippen LogP contribution is 2.66. The molecule has 2 N–H and O–H groups in total. The van der Waals surface area contributed by atoms with Crippen LogP contribution >= 0.6 is 11.6 Å². The molecule has 3 aromatic rings. The molecule has 0 spiro atoms. The number of hydrogen-bond donors (Lipinski definition) is 2. The number of allylic oxidation sites excluding steroid dienone is 2. The van der Waals surface area contributed by atoms with Crippen LogP contribution < -0.4 is 9.64 Å². The number of halogens is 1. The molecule has 6 unspecified atom stereocenters. The number of amides is 4. The lowest BCUT2D eigenvalue weighted by molar-refractivity contribution is -0.141. The number of rotatable bonds is 10. The molecule has 2 aliphatic carbocycles. The molecule has 4 amide bonds. The Kier molecular flexibility index (Phi) is 8.76. The third-order valence-electron chi connectivity index (χ3n) is 11.1. The molecule has 1 saturated carbocycles. The molecule has 2 saturated heterocycles. The fraction of sp³-hybridized carbons (Fsp3) is 0.359. The highest BCUT2D eigenvalue weighted by atomic mass is 35.5. The van der Waals surface area contributed by atoms with Crippen molar-refractivity contribution in [1.82, 2.24) is 4.90 Å². The molecule has 2 heterocycles. The number of imide groups is 2. The molecule has 258 valence electrons. The molecular weight excluding hydrogens is 660 g/mol. The lowest BCUT2D eigenvalue weighted by Crippen LogP contribution is -2.53. The van der Waals surface area contributed by atoms with E-state index in [0.717, 1.165) is 0 Å². The minimum atomic E-state index is -1.54. The van der Waals surface area contributed by atoms with Crippen LogP contribution in [0.5, 0.6) is 11.5 Å². The summed E-state index contributed by atoms with van der Waals surface area (Å²) in [5.74, 6) is -6.11. The van der Waals surface area contributed by atoms with Gasteiger partial charge < -0.3 is 14.9 Å². The van der Waals surface area contributed by atoms with Crippen molar-refractivity contribution in [3.05, 3.63) is 101 Å². The van der Waals surface area contributed by atoms with Crippen LogP contribution in [0.15, 0.2) is 84.4 Å². The predicted molar refractivity (Wildman–Crippen MR) is 184 cm³/mol. The largest absolute Gasteiger partial charge is 0.508 e. The van der Waals surface area contributed by atoms with E-state index in [1.165, 1.54) is 23.0 Å². The highest BCUT2D eigenvalue weighted by Gasteiger charge is 2.70. The first-order valence-corrected chi connectivity index (χ1v) is 17.3. The Hall–Kier alpha value is -4.96. The lowest BCUT2D eigenvalue weighted by atomic mass is 9.49. The maximum atomic E-state index is 15.3. The van der Waals surface area contributed by atoms with E-state index in [2.05, 4.69) is 0 Å². The number of carbonyl (C=O) groups excluding carboxylic acids is 4. The Balaban J connectivity index is 1.39. The number of unbranched alkanes of at least 4 members (excludes halogenated alkanes) is 2. The Bertz CT molecular complexity index is 1930. The smallest absolute Gasteiger partial charge is 0.303 e. The van der Waals surface area contributed by atoms with Crippen molar-refractivity contribution in [2.45, 2.75) is 49.9 Å². The number of carbonyl (C=O) groups is 5. The monoisotopic (exact) mass is 696 g/mol. The number of hydrogen-bond acceptors (Lipinski definition) is 7. The first-order valence-electron chi connectivity index (χ1n) is 16.9. The second kappa shape index (κ2) is 13.1. The summed E-state index contributed by atoms with van der Waals surface area (Å²) >= 11 is 6.37. The van der Waals surface area contributed by atoms with Crippen LogP contribution in [0.2, 0.25) is 5.02 Å². The van der Waals surface area contributed by atoms with E-state index >= 15 is 4.79 Å². The lowest BCUT2D eigenvalue weighted by Gasteiger charge is -2.51. The number of aliphatic carboxylic acids is 1. The van der Waals surface area contributed by atoms with Gasteiger partial charge in [-0.3, -0.25) is 28.9 Å². The van der Waals surface area contributed by atoms with Gasteiger partial charge in [-0.2, -0.15) is 0 Å². The van der Waals surface area contributed by atoms with Gasteiger partial charge in [0.2, 0.25) is 23.6 Å². The fourth-order valence-electron chi connectivity index (χ4n) is 9.07. The Morgan fingerprint density at radius 2 is 1.68 bits per heavy atom. The van der Waals surface area contributed by atoms with Crippen molar-refractivity contribution in [2.24, 2.45) is 23.7 Å². The van der Waals surface area contributed by atoms with Crippen molar-refractivity contribution in [3.8, 4) is 11.5 Å². The minimum absolute atomic E-state index is 0.0170. The van der Waals surface area contributed by atoms with Crippen molar-refractivity contribution in [1.29, 1.82) is 0 Å². The molecule has 2 aliphatic heterocycles. The van der Waals surface area contributed by atoms with Crippen molar-refractivity contribution >= 4 is 46.9 Å². The first kappa shape index (κ1) is 33.5. The van der Waals surface area contributed by atoms with Crippen LogP contribution in [0, 0.1) is 23.7 Å². The number of phenols is 1. The molecule has 4 aliphatic rings. The van der Waals surface area contributed by atoms with Gasteiger partial charge in [0.1, 0.15) is 11.5 Å². The summed E-state index contributed by atoms with van der Waals surface area (Å²) in [5, 5.41) is 21.0. The van der Waals surface area contributed by atoms with Gasteiger partial charge in [-0.15, -0.1) is 0 Å². The summed E-state index contributed by atoms with van der Waals surface area (Å²) < 4.78 is 5.82. The van der Waals surface area contributed by atoms with Gasteiger partial charge in [0, 0.05) is 29.5 Å². The van der Waals surface area contributed by atoms with Gasteiger partial charge >= 0.3 is 5.97 Å². The third kappa shape index (κ3) is 5.11. The summed E-state index contributed by atoms with van der Waals surface area (Å²) in [4.78, 5) is 71.6. The van der Waals surface area contributed by atoms with Crippen molar-refractivity contribution in [2.75, 3.05) is 18.6 Å². The maximum Gasteiger partial charge on any atom is 0.303 e. The number of methoxy groups -OCH3 is 1. The molecule has 7 rings (SSSR count). The van der Waals surface area contributed by atoms with Crippen LogP contribution in [0.1, 0.15) is 55.6 Å². The van der Waals surface area contributed by atoms with E-state index in [0.29, 0.717) is 52.4 Å². The Morgan fingerprint density at radius 3 is 2.40 bits per heavy atom. The van der Waals surface area contributed by atoms with E-state index in [-0.39, 0.29) is 43.4 Å². The second-order valence-corrected chi connectivity index (χ2v) is 14.0. The number of phenolic OH excluding ortho intramolecular Hbond substituents is 1. The topological polar surface area (TPSA) is 142 Å². The first-order chi connectivity index (χ1) is 24.1. The van der Waals surface area contributed by atoms with E-state index in [9.17, 15) is 24.3 Å². The van der Waals surface area contributed by atoms with Crippen LogP contribution in [0.25, 0.3) is 0 Å². The van der Waals surface area contributed by atoms with Gasteiger partial charge in [0.25, 0.3) is 0 Å². The molecule has 3 aromatic carbocycles. The third-order valence-corrected chi connectivity index (χ3v) is 11.3. The van der Waals surface area contributed by atoms with E-state index in [1.54, 1.807) is 36.4 Å². The van der Waals surface area contributed by atoms with Gasteiger partial charge in [-0.25, -0.2) is 4.90 Å². The number of fused-ring (bicyclic) bond motifs is 4. The number of aromatic hydroxyl groups is 1.